The number of Topliss-reactive ketones (excluding diaryl/α,β-unsaturated/α-hetero) is 1. The van der Waals surface area contributed by atoms with Crippen LogP contribution in [0.3, 0.4) is 0 Å². The summed E-state index contributed by atoms with van der Waals surface area (Å²) in [5, 5.41) is -0.118. The average molecular weight is 533 g/mol. The fraction of sp³-hybridized carbons (Fsp3) is 0.643. The summed E-state index contributed by atoms with van der Waals surface area (Å²) in [6, 6.07) is 3.41. The van der Waals surface area contributed by atoms with Gasteiger partial charge in [0.25, 0.3) is 0 Å². The monoisotopic (exact) mass is 532 g/mol. The van der Waals surface area contributed by atoms with Crippen LogP contribution in [-0.4, -0.2) is 60.2 Å². The number of benzene rings is 1. The second kappa shape index (κ2) is 9.52. The van der Waals surface area contributed by atoms with Crippen LogP contribution in [0.25, 0.3) is 0 Å². The highest BCUT2D eigenvalue weighted by Gasteiger charge is 2.74. The van der Waals surface area contributed by atoms with Crippen molar-refractivity contribution < 1.29 is 37.7 Å². The van der Waals surface area contributed by atoms with Crippen molar-refractivity contribution in [2.45, 2.75) is 71.1 Å². The van der Waals surface area contributed by atoms with Crippen LogP contribution in [0, 0.1) is 11.3 Å². The maximum atomic E-state index is 14.7. The van der Waals surface area contributed by atoms with Crippen LogP contribution in [0.5, 0.6) is 11.5 Å². The zero-order valence-electron chi connectivity index (χ0n) is 23.5. The van der Waals surface area contributed by atoms with Crippen LogP contribution in [0.4, 0.5) is 0 Å². The summed E-state index contributed by atoms with van der Waals surface area (Å²) in [5.41, 5.74) is 0.0618. The summed E-state index contributed by atoms with van der Waals surface area (Å²) in [6.07, 6.45) is 1.53. The molecule has 8 nitrogen and oxygen atoms in total. The van der Waals surface area contributed by atoms with Crippen molar-refractivity contribution in [3.63, 3.8) is 0 Å². The molecule has 0 bridgehead atoms. The number of rotatable bonds is 6. The SMILES string of the molecule is CCOC(=O)[C@]12CC(C)=C[C@H](O[Si](C)(C)C(C)(C)C)C1C(=O)c1c(OC)ccc(OC)c1C21OCCO1. The molecule has 1 spiro atoms. The smallest absolute Gasteiger partial charge is 0.319 e. The van der Waals surface area contributed by atoms with Gasteiger partial charge in [0.1, 0.15) is 16.9 Å². The third-order valence-electron chi connectivity index (χ3n) is 8.45. The van der Waals surface area contributed by atoms with Crippen LogP contribution < -0.4 is 9.47 Å². The number of ether oxygens (including phenoxy) is 5. The zero-order valence-corrected chi connectivity index (χ0v) is 24.5. The number of carbonyl (C=O) groups excluding carboxylic acids is 2. The van der Waals surface area contributed by atoms with Gasteiger partial charge in [-0.25, -0.2) is 0 Å². The number of hydrogen-bond donors (Lipinski definition) is 0. The minimum Gasteiger partial charge on any atom is -0.496 e. The lowest BCUT2D eigenvalue weighted by Gasteiger charge is -2.56. The van der Waals surface area contributed by atoms with E-state index >= 15 is 0 Å². The second-order valence-electron chi connectivity index (χ2n) is 11.6. The van der Waals surface area contributed by atoms with Gasteiger partial charge in [0.2, 0.25) is 5.79 Å². The Labute approximate surface area is 220 Å². The maximum absolute atomic E-state index is 14.7. The van der Waals surface area contributed by atoms with Gasteiger partial charge in [-0.1, -0.05) is 32.4 Å². The van der Waals surface area contributed by atoms with Gasteiger partial charge < -0.3 is 28.1 Å². The number of carbonyl (C=O) groups is 2. The molecule has 0 amide bonds. The zero-order chi connectivity index (χ0) is 27.4. The topological polar surface area (TPSA) is 89.5 Å². The average Bonchev–Trinajstić information content (AvgIpc) is 3.31. The number of allylic oxidation sites excluding steroid dienone is 1. The summed E-state index contributed by atoms with van der Waals surface area (Å²) in [4.78, 5) is 28.9. The number of methoxy groups -OCH3 is 2. The van der Waals surface area contributed by atoms with Gasteiger partial charge in [-0.15, -0.1) is 0 Å². The molecule has 3 aliphatic rings. The van der Waals surface area contributed by atoms with Crippen LogP contribution in [-0.2, 0) is 29.2 Å². The molecule has 3 atom stereocenters. The summed E-state index contributed by atoms with van der Waals surface area (Å²) >= 11 is 0. The van der Waals surface area contributed by atoms with E-state index in [1.54, 1.807) is 19.1 Å². The van der Waals surface area contributed by atoms with Crippen molar-refractivity contribution >= 4 is 20.1 Å². The van der Waals surface area contributed by atoms with E-state index in [0.29, 0.717) is 22.6 Å². The quantitative estimate of drug-likeness (QED) is 0.287. The molecular weight excluding hydrogens is 492 g/mol. The predicted octanol–water partition coefficient (Wildman–Crippen LogP) is 5.01. The van der Waals surface area contributed by atoms with Crippen molar-refractivity contribution in [2.24, 2.45) is 11.3 Å². The van der Waals surface area contributed by atoms with Crippen molar-refractivity contribution in [2.75, 3.05) is 34.0 Å². The van der Waals surface area contributed by atoms with Gasteiger partial charge in [0.05, 0.1) is 57.2 Å². The third kappa shape index (κ3) is 3.97. The molecule has 1 unspecified atom stereocenters. The number of hydrogen-bond acceptors (Lipinski definition) is 8. The molecule has 1 heterocycles. The lowest BCUT2D eigenvalue weighted by atomic mass is 9.53. The van der Waals surface area contributed by atoms with E-state index < -0.39 is 37.5 Å². The molecule has 0 radical (unpaired) electrons. The normalized spacial score (nSPS) is 26.8. The van der Waals surface area contributed by atoms with Gasteiger partial charge in [0, 0.05) is 0 Å². The molecular formula is C28H40O8Si. The highest BCUT2D eigenvalue weighted by Crippen LogP contribution is 2.65. The molecule has 1 aliphatic heterocycles. The first-order valence-electron chi connectivity index (χ1n) is 12.9. The van der Waals surface area contributed by atoms with Gasteiger partial charge in [-0.2, -0.15) is 0 Å². The fourth-order valence-electron chi connectivity index (χ4n) is 5.84. The van der Waals surface area contributed by atoms with E-state index in [2.05, 4.69) is 33.9 Å². The minimum atomic E-state index is -2.38. The van der Waals surface area contributed by atoms with Crippen molar-refractivity contribution in [1.29, 1.82) is 0 Å². The summed E-state index contributed by atoms with van der Waals surface area (Å²) in [7, 11) is 0.653. The predicted molar refractivity (Wildman–Crippen MR) is 140 cm³/mol. The minimum absolute atomic E-state index is 0.118. The Bertz CT molecular complexity index is 1110. The fourth-order valence-corrected chi connectivity index (χ4v) is 7.08. The lowest BCUT2D eigenvalue weighted by Crippen LogP contribution is -2.66. The molecule has 1 saturated heterocycles. The van der Waals surface area contributed by atoms with E-state index in [9.17, 15) is 9.59 Å². The molecule has 1 aromatic carbocycles. The largest absolute Gasteiger partial charge is 0.496 e. The molecule has 37 heavy (non-hydrogen) atoms. The van der Waals surface area contributed by atoms with Gasteiger partial charge >= 0.3 is 5.97 Å². The number of ketones is 1. The Hall–Kier alpha value is -2.20. The molecule has 4 rings (SSSR count). The van der Waals surface area contributed by atoms with Crippen LogP contribution >= 0.6 is 0 Å². The summed E-state index contributed by atoms with van der Waals surface area (Å²) < 4.78 is 36.9. The maximum Gasteiger partial charge on any atom is 0.319 e. The molecule has 9 heteroatoms. The van der Waals surface area contributed by atoms with Crippen LogP contribution in [0.1, 0.15) is 57.0 Å². The molecule has 0 saturated carbocycles. The second-order valence-corrected chi connectivity index (χ2v) is 16.4. The molecule has 204 valence electrons. The number of fused-ring (bicyclic) bond motifs is 4. The van der Waals surface area contributed by atoms with E-state index in [-0.39, 0.29) is 37.1 Å². The Kier molecular flexibility index (Phi) is 7.16. The molecule has 1 aromatic rings. The first kappa shape index (κ1) is 27.8. The Morgan fingerprint density at radius 2 is 1.70 bits per heavy atom. The van der Waals surface area contributed by atoms with E-state index in [0.717, 1.165) is 5.57 Å². The van der Waals surface area contributed by atoms with E-state index in [4.69, 9.17) is 28.1 Å². The Morgan fingerprint density at radius 3 is 2.24 bits per heavy atom. The van der Waals surface area contributed by atoms with E-state index in [1.807, 2.05) is 13.0 Å². The molecule has 0 aromatic heterocycles. The van der Waals surface area contributed by atoms with Crippen molar-refractivity contribution in [3.8, 4) is 11.5 Å². The van der Waals surface area contributed by atoms with Crippen molar-refractivity contribution in [3.05, 3.63) is 34.9 Å². The Morgan fingerprint density at radius 1 is 1.11 bits per heavy atom. The lowest BCUT2D eigenvalue weighted by molar-refractivity contribution is -0.272. The Balaban J connectivity index is 2.09. The number of esters is 1. The van der Waals surface area contributed by atoms with Crippen molar-refractivity contribution in [1.82, 2.24) is 0 Å². The van der Waals surface area contributed by atoms with Gasteiger partial charge in [0.15, 0.2) is 14.1 Å². The first-order chi connectivity index (χ1) is 17.3. The van der Waals surface area contributed by atoms with E-state index in [1.165, 1.54) is 14.2 Å². The van der Waals surface area contributed by atoms with Crippen LogP contribution in [0.15, 0.2) is 23.8 Å². The summed E-state index contributed by atoms with van der Waals surface area (Å²) in [5.74, 6) is -2.61. The molecule has 0 N–H and O–H groups in total. The highest BCUT2D eigenvalue weighted by atomic mass is 28.4. The van der Waals surface area contributed by atoms with Crippen LogP contribution in [0.2, 0.25) is 18.1 Å². The third-order valence-corrected chi connectivity index (χ3v) is 12.9. The summed E-state index contributed by atoms with van der Waals surface area (Å²) in [6.45, 7) is 15.1. The molecule has 2 aliphatic carbocycles. The van der Waals surface area contributed by atoms with Gasteiger partial charge in [-0.05, 0) is 50.5 Å². The standard InChI is InChI=1S/C28H40O8Si/c1-10-33-25(30)27-16-17(2)15-20(36-37(8,9)26(3,4)5)23(27)24(29)21-18(31-6)11-12-19(32-7)22(21)28(27)34-13-14-35-28/h11-12,15,20,23H,10,13-14,16H2,1-9H3/t20-,23?,27-/m0/s1. The highest BCUT2D eigenvalue weighted by molar-refractivity contribution is 6.74. The van der Waals surface area contributed by atoms with Gasteiger partial charge in [-0.3, -0.25) is 9.59 Å². The molecule has 1 fully saturated rings. The first-order valence-corrected chi connectivity index (χ1v) is 15.8.